The Kier molecular flexibility index (Phi) is 5.07. The molecule has 7 nitrogen and oxygen atoms in total. The van der Waals surface area contributed by atoms with Crippen molar-refractivity contribution in [2.75, 3.05) is 6.54 Å². The van der Waals surface area contributed by atoms with Crippen LogP contribution in [-0.4, -0.2) is 52.1 Å². The Morgan fingerprint density at radius 3 is 2.59 bits per heavy atom. The van der Waals surface area contributed by atoms with Crippen molar-refractivity contribution in [2.24, 2.45) is 4.99 Å². The van der Waals surface area contributed by atoms with Gasteiger partial charge in [-0.3, -0.25) is 9.69 Å². The summed E-state index contributed by atoms with van der Waals surface area (Å²) in [6.45, 7) is 7.23. The first kappa shape index (κ1) is 19.8. The predicted octanol–water partition coefficient (Wildman–Crippen LogP) is 2.56. The standard InChI is InChI=1S/C19H24BrN3O4/c1-18(2,3)27-17(26)23-10-13(24)9-14(23)15-21-16(25)19(4,22-15)11-5-7-12(20)8-6-11/h5-8,13-14,24H,9-10H2,1-4H3,(H,21,22,25)/t13-,14?,19?/m1/s1. The van der Waals surface area contributed by atoms with Crippen LogP contribution in [0.2, 0.25) is 0 Å². The number of nitrogens with one attached hydrogen (secondary N) is 1. The average molecular weight is 438 g/mol. The van der Waals surface area contributed by atoms with E-state index in [0.717, 1.165) is 10.0 Å². The van der Waals surface area contributed by atoms with E-state index in [1.165, 1.54) is 4.90 Å². The van der Waals surface area contributed by atoms with Crippen LogP contribution in [0.15, 0.2) is 33.7 Å². The van der Waals surface area contributed by atoms with Crippen LogP contribution >= 0.6 is 15.9 Å². The van der Waals surface area contributed by atoms with Crippen molar-refractivity contribution in [1.29, 1.82) is 0 Å². The molecule has 3 rings (SSSR count). The second-order valence-electron chi connectivity index (χ2n) is 8.07. The number of amidine groups is 1. The van der Waals surface area contributed by atoms with Crippen molar-refractivity contribution >= 4 is 33.8 Å². The fourth-order valence-electron chi connectivity index (χ4n) is 3.28. The van der Waals surface area contributed by atoms with E-state index in [-0.39, 0.29) is 12.5 Å². The van der Waals surface area contributed by atoms with Gasteiger partial charge in [-0.2, -0.15) is 0 Å². The fraction of sp³-hybridized carbons (Fsp3) is 0.526. The molecule has 0 bridgehead atoms. The first-order valence-corrected chi connectivity index (χ1v) is 9.64. The maximum atomic E-state index is 12.7. The number of ether oxygens (including phenoxy) is 1. The van der Waals surface area contributed by atoms with Crippen molar-refractivity contribution in [3.8, 4) is 0 Å². The molecular formula is C19H24BrN3O4. The van der Waals surface area contributed by atoms with Gasteiger partial charge in [0, 0.05) is 10.9 Å². The van der Waals surface area contributed by atoms with Gasteiger partial charge < -0.3 is 15.2 Å². The van der Waals surface area contributed by atoms with Crippen molar-refractivity contribution in [3.63, 3.8) is 0 Å². The summed E-state index contributed by atoms with van der Waals surface area (Å²) in [5.74, 6) is 0.123. The molecule has 2 heterocycles. The summed E-state index contributed by atoms with van der Waals surface area (Å²) in [4.78, 5) is 31.3. The van der Waals surface area contributed by atoms with E-state index in [4.69, 9.17) is 4.74 Å². The molecule has 1 saturated heterocycles. The molecule has 1 aromatic carbocycles. The molecule has 2 aliphatic heterocycles. The van der Waals surface area contributed by atoms with Gasteiger partial charge in [0.1, 0.15) is 11.4 Å². The zero-order valence-corrected chi connectivity index (χ0v) is 17.4. The third-order valence-electron chi connectivity index (χ3n) is 4.66. The first-order valence-electron chi connectivity index (χ1n) is 8.84. The van der Waals surface area contributed by atoms with E-state index < -0.39 is 29.4 Å². The third-order valence-corrected chi connectivity index (χ3v) is 5.19. The summed E-state index contributed by atoms with van der Waals surface area (Å²) < 4.78 is 6.35. The van der Waals surface area contributed by atoms with E-state index in [1.807, 2.05) is 24.3 Å². The van der Waals surface area contributed by atoms with Gasteiger partial charge in [-0.1, -0.05) is 28.1 Å². The number of rotatable bonds is 2. The number of amides is 2. The maximum Gasteiger partial charge on any atom is 0.411 e. The normalized spacial score (nSPS) is 28.1. The lowest BCUT2D eigenvalue weighted by atomic mass is 9.93. The number of aliphatic hydroxyl groups is 1. The number of aliphatic imine (C=N–C) groups is 1. The van der Waals surface area contributed by atoms with E-state index in [9.17, 15) is 14.7 Å². The van der Waals surface area contributed by atoms with Crippen molar-refractivity contribution < 1.29 is 19.4 Å². The van der Waals surface area contributed by atoms with Gasteiger partial charge in [0.15, 0.2) is 5.54 Å². The number of halogens is 1. The van der Waals surface area contributed by atoms with Gasteiger partial charge in [-0.15, -0.1) is 0 Å². The highest BCUT2D eigenvalue weighted by molar-refractivity contribution is 9.10. The molecule has 0 aromatic heterocycles. The van der Waals surface area contributed by atoms with Crippen LogP contribution in [0.25, 0.3) is 0 Å². The number of β-amino-alcohol motifs (C(OH)–C–C–N with tert-alkyl or cyclic N) is 1. The predicted molar refractivity (Wildman–Crippen MR) is 104 cm³/mol. The Hall–Kier alpha value is -1.93. The number of hydrogen-bond acceptors (Lipinski definition) is 5. The highest BCUT2D eigenvalue weighted by Crippen LogP contribution is 2.33. The van der Waals surface area contributed by atoms with Crippen LogP contribution < -0.4 is 5.32 Å². The maximum absolute atomic E-state index is 12.7. The largest absolute Gasteiger partial charge is 0.444 e. The molecule has 27 heavy (non-hydrogen) atoms. The van der Waals surface area contributed by atoms with Crippen molar-refractivity contribution in [2.45, 2.75) is 57.4 Å². The van der Waals surface area contributed by atoms with Crippen molar-refractivity contribution in [1.82, 2.24) is 10.2 Å². The Labute approximate surface area is 166 Å². The average Bonchev–Trinajstić information content (AvgIpc) is 3.08. The van der Waals surface area contributed by atoms with Gasteiger partial charge in [0.25, 0.3) is 5.91 Å². The lowest BCUT2D eigenvalue weighted by molar-refractivity contribution is -0.123. The minimum atomic E-state index is -1.08. The minimum absolute atomic E-state index is 0.142. The number of hydrogen-bond donors (Lipinski definition) is 2. The summed E-state index contributed by atoms with van der Waals surface area (Å²) in [7, 11) is 0. The molecule has 0 saturated carbocycles. The van der Waals surface area contributed by atoms with Gasteiger partial charge in [0.2, 0.25) is 0 Å². The molecule has 2 N–H and O–H groups in total. The van der Waals surface area contributed by atoms with Gasteiger partial charge in [0.05, 0.1) is 18.7 Å². The zero-order chi connectivity index (χ0) is 20.0. The second-order valence-corrected chi connectivity index (χ2v) is 8.98. The molecule has 1 fully saturated rings. The highest BCUT2D eigenvalue weighted by atomic mass is 79.9. The molecular weight excluding hydrogens is 414 g/mol. The SMILES string of the molecule is CC(C)(C)OC(=O)N1C[C@H](O)CC1C1=NC(C)(c2ccc(Br)cc2)C(=O)N1. The van der Waals surface area contributed by atoms with Crippen LogP contribution in [0.1, 0.15) is 39.7 Å². The van der Waals surface area contributed by atoms with E-state index >= 15 is 0 Å². The van der Waals surface area contributed by atoms with E-state index in [1.54, 1.807) is 27.7 Å². The Morgan fingerprint density at radius 2 is 2.00 bits per heavy atom. The lowest BCUT2D eigenvalue weighted by Gasteiger charge is -2.28. The second kappa shape index (κ2) is 6.91. The first-order chi connectivity index (χ1) is 12.5. The van der Waals surface area contributed by atoms with E-state index in [0.29, 0.717) is 12.3 Å². The number of nitrogens with zero attached hydrogens (tertiary/aromatic N) is 2. The van der Waals surface area contributed by atoms with Gasteiger partial charge in [-0.05, 0) is 45.4 Å². The summed E-state index contributed by atoms with van der Waals surface area (Å²) in [6.07, 6.45) is -0.922. The molecule has 0 spiro atoms. The molecule has 8 heteroatoms. The molecule has 3 atom stereocenters. The number of benzene rings is 1. The van der Waals surface area contributed by atoms with Crippen LogP contribution in [0.4, 0.5) is 4.79 Å². The fourth-order valence-corrected chi connectivity index (χ4v) is 3.55. The molecule has 2 aliphatic rings. The molecule has 0 aliphatic carbocycles. The third kappa shape index (κ3) is 4.01. The number of carbonyl (C=O) groups excluding carboxylic acids is 2. The Morgan fingerprint density at radius 1 is 1.37 bits per heavy atom. The molecule has 2 unspecified atom stereocenters. The molecule has 2 amide bonds. The summed E-state index contributed by atoms with van der Waals surface area (Å²) in [6, 6.07) is 6.86. The quantitative estimate of drug-likeness (QED) is 0.743. The number of aliphatic hydroxyl groups excluding tert-OH is 1. The molecule has 1 aromatic rings. The van der Waals surface area contributed by atoms with Crippen LogP contribution in [0.5, 0.6) is 0 Å². The summed E-state index contributed by atoms with van der Waals surface area (Å²) in [5.41, 5.74) is -0.981. The van der Waals surface area contributed by atoms with Crippen molar-refractivity contribution in [3.05, 3.63) is 34.3 Å². The van der Waals surface area contributed by atoms with E-state index in [2.05, 4.69) is 26.2 Å². The van der Waals surface area contributed by atoms with Crippen LogP contribution in [0, 0.1) is 0 Å². The minimum Gasteiger partial charge on any atom is -0.444 e. The Bertz CT molecular complexity index is 787. The lowest BCUT2D eigenvalue weighted by Crippen LogP contribution is -2.47. The van der Waals surface area contributed by atoms with Crippen LogP contribution in [-0.2, 0) is 15.1 Å². The summed E-state index contributed by atoms with van der Waals surface area (Å²) >= 11 is 3.38. The van der Waals surface area contributed by atoms with Gasteiger partial charge >= 0.3 is 6.09 Å². The zero-order valence-electron chi connectivity index (χ0n) is 15.8. The topological polar surface area (TPSA) is 91.2 Å². The summed E-state index contributed by atoms with van der Waals surface area (Å²) in [5, 5.41) is 12.9. The number of likely N-dealkylation sites (tertiary alicyclic amines) is 1. The smallest absolute Gasteiger partial charge is 0.411 e. The molecule has 146 valence electrons. The number of carbonyl (C=O) groups is 2. The van der Waals surface area contributed by atoms with Crippen LogP contribution in [0.3, 0.4) is 0 Å². The Balaban J connectivity index is 1.89. The highest BCUT2D eigenvalue weighted by Gasteiger charge is 2.47. The monoisotopic (exact) mass is 437 g/mol. The molecule has 0 radical (unpaired) electrons. The van der Waals surface area contributed by atoms with Gasteiger partial charge in [-0.25, -0.2) is 9.79 Å².